The van der Waals surface area contributed by atoms with Crippen LogP contribution < -0.4 is 5.32 Å². The second-order valence-corrected chi connectivity index (χ2v) is 5.20. The van der Waals surface area contributed by atoms with Gasteiger partial charge in [-0.2, -0.15) is 0 Å². The number of rotatable bonds is 3. The third-order valence-corrected chi connectivity index (χ3v) is 3.40. The van der Waals surface area contributed by atoms with Crippen molar-refractivity contribution in [2.45, 2.75) is 33.6 Å². The summed E-state index contributed by atoms with van der Waals surface area (Å²) >= 11 is 0. The highest BCUT2D eigenvalue weighted by atomic mass is 16.2. The van der Waals surface area contributed by atoms with E-state index in [0.29, 0.717) is 0 Å². The Morgan fingerprint density at radius 2 is 1.60 bits per heavy atom. The number of benzene rings is 1. The molecule has 1 aliphatic rings. The zero-order valence-corrected chi connectivity index (χ0v) is 11.9. The van der Waals surface area contributed by atoms with E-state index >= 15 is 0 Å². The minimum Gasteiger partial charge on any atom is -0.324 e. The molecule has 3 amide bonds. The van der Waals surface area contributed by atoms with E-state index in [9.17, 15) is 14.4 Å². The van der Waals surface area contributed by atoms with Gasteiger partial charge in [0.1, 0.15) is 6.54 Å². The second kappa shape index (κ2) is 5.45. The number of likely N-dealkylation sites (tertiary alicyclic amines) is 1. The van der Waals surface area contributed by atoms with E-state index in [1.807, 2.05) is 32.9 Å². The molecule has 1 N–H and O–H groups in total. The number of imide groups is 1. The molecule has 0 aliphatic carbocycles. The Hall–Kier alpha value is -2.17. The molecule has 0 spiro atoms. The Morgan fingerprint density at radius 1 is 1.10 bits per heavy atom. The molecule has 1 heterocycles. The van der Waals surface area contributed by atoms with Crippen LogP contribution in [0.5, 0.6) is 0 Å². The predicted molar refractivity (Wildman–Crippen MR) is 75.2 cm³/mol. The van der Waals surface area contributed by atoms with Gasteiger partial charge < -0.3 is 5.32 Å². The fraction of sp³-hybridized carbons (Fsp3) is 0.400. The molecule has 0 unspecified atom stereocenters. The van der Waals surface area contributed by atoms with Crippen molar-refractivity contribution < 1.29 is 14.4 Å². The first kappa shape index (κ1) is 14.2. The Balaban J connectivity index is 2.09. The van der Waals surface area contributed by atoms with Gasteiger partial charge >= 0.3 is 0 Å². The lowest BCUT2D eigenvalue weighted by Crippen LogP contribution is -2.37. The maximum absolute atomic E-state index is 12.0. The quantitative estimate of drug-likeness (QED) is 0.853. The summed E-state index contributed by atoms with van der Waals surface area (Å²) < 4.78 is 0. The van der Waals surface area contributed by atoms with E-state index in [1.54, 1.807) is 0 Å². The molecule has 1 fully saturated rings. The normalized spacial score (nSPS) is 14.8. The summed E-state index contributed by atoms with van der Waals surface area (Å²) in [7, 11) is 0. The number of anilines is 1. The van der Waals surface area contributed by atoms with E-state index in [4.69, 9.17) is 0 Å². The van der Waals surface area contributed by atoms with Crippen molar-refractivity contribution in [3.05, 3.63) is 28.8 Å². The van der Waals surface area contributed by atoms with E-state index < -0.39 is 0 Å². The molecule has 1 aromatic rings. The lowest BCUT2D eigenvalue weighted by molar-refractivity contribution is -0.141. The minimum absolute atomic E-state index is 0.203. The summed E-state index contributed by atoms with van der Waals surface area (Å²) in [5, 5.41) is 2.79. The van der Waals surface area contributed by atoms with Crippen LogP contribution in [0.25, 0.3) is 0 Å². The highest BCUT2D eigenvalue weighted by Gasteiger charge is 2.30. The van der Waals surface area contributed by atoms with Gasteiger partial charge in [-0.1, -0.05) is 17.7 Å². The predicted octanol–water partition coefficient (Wildman–Crippen LogP) is 1.70. The first-order chi connectivity index (χ1) is 9.38. The van der Waals surface area contributed by atoms with Crippen LogP contribution in [0.4, 0.5) is 5.69 Å². The summed E-state index contributed by atoms with van der Waals surface area (Å²) in [4.78, 5) is 36.0. The molecule has 5 nitrogen and oxygen atoms in total. The Labute approximate surface area is 118 Å². The first-order valence-corrected chi connectivity index (χ1v) is 6.59. The van der Waals surface area contributed by atoms with E-state index in [2.05, 4.69) is 5.32 Å². The Bertz CT molecular complexity index is 554. The molecule has 1 saturated heterocycles. The molecule has 1 aliphatic heterocycles. The van der Waals surface area contributed by atoms with Crippen LogP contribution in [0.15, 0.2) is 12.1 Å². The van der Waals surface area contributed by atoms with E-state index in [1.165, 1.54) is 0 Å². The molecule has 5 heteroatoms. The van der Waals surface area contributed by atoms with Gasteiger partial charge in [-0.25, -0.2) is 0 Å². The maximum atomic E-state index is 12.0. The van der Waals surface area contributed by atoms with Gasteiger partial charge in [-0.15, -0.1) is 0 Å². The molecule has 1 aromatic carbocycles. The third kappa shape index (κ3) is 2.87. The molecule has 0 bridgehead atoms. The lowest BCUT2D eigenvalue weighted by Gasteiger charge is -2.16. The summed E-state index contributed by atoms with van der Waals surface area (Å²) in [5.41, 5.74) is 3.81. The van der Waals surface area contributed by atoms with Gasteiger partial charge in [0.25, 0.3) is 0 Å². The van der Waals surface area contributed by atoms with Crippen molar-refractivity contribution in [1.29, 1.82) is 0 Å². The Kier molecular flexibility index (Phi) is 3.88. The average Bonchev–Trinajstić information content (AvgIpc) is 2.65. The number of carbonyl (C=O) groups excluding carboxylic acids is 3. The van der Waals surface area contributed by atoms with Crippen molar-refractivity contribution in [1.82, 2.24) is 4.90 Å². The molecular formula is C15H18N2O3. The van der Waals surface area contributed by atoms with E-state index in [-0.39, 0.29) is 37.1 Å². The van der Waals surface area contributed by atoms with Crippen LogP contribution in [0.3, 0.4) is 0 Å². The van der Waals surface area contributed by atoms with Gasteiger partial charge in [-0.3, -0.25) is 19.3 Å². The van der Waals surface area contributed by atoms with Crippen molar-refractivity contribution in [3.63, 3.8) is 0 Å². The number of nitrogens with one attached hydrogen (secondary N) is 1. The smallest absolute Gasteiger partial charge is 0.244 e. The van der Waals surface area contributed by atoms with Gasteiger partial charge in [0.05, 0.1) is 0 Å². The fourth-order valence-electron chi connectivity index (χ4n) is 2.50. The summed E-state index contributed by atoms with van der Waals surface area (Å²) in [6, 6.07) is 3.96. The van der Waals surface area contributed by atoms with Crippen molar-refractivity contribution in [3.8, 4) is 0 Å². The first-order valence-electron chi connectivity index (χ1n) is 6.59. The Morgan fingerprint density at radius 3 is 2.10 bits per heavy atom. The molecule has 20 heavy (non-hydrogen) atoms. The highest BCUT2D eigenvalue weighted by Crippen LogP contribution is 2.22. The standard InChI is InChI=1S/C15H18N2O3/c1-9-6-10(2)15(11(3)7-9)16-12(18)8-17-13(19)4-5-14(17)20/h6-7H,4-5,8H2,1-3H3,(H,16,18). The number of amides is 3. The largest absolute Gasteiger partial charge is 0.324 e. The summed E-state index contributed by atoms with van der Waals surface area (Å²) in [6.45, 7) is 5.63. The zero-order valence-electron chi connectivity index (χ0n) is 11.9. The molecule has 0 radical (unpaired) electrons. The topological polar surface area (TPSA) is 66.5 Å². The summed E-state index contributed by atoms with van der Waals surface area (Å²) in [5.74, 6) is -0.895. The van der Waals surface area contributed by atoms with Crippen molar-refractivity contribution >= 4 is 23.4 Å². The number of aryl methyl sites for hydroxylation is 3. The molecular weight excluding hydrogens is 256 g/mol. The van der Waals surface area contributed by atoms with Gasteiger partial charge in [0, 0.05) is 18.5 Å². The number of carbonyl (C=O) groups is 3. The van der Waals surface area contributed by atoms with Crippen LogP contribution >= 0.6 is 0 Å². The molecule has 106 valence electrons. The average molecular weight is 274 g/mol. The van der Waals surface area contributed by atoms with Crippen LogP contribution in [-0.2, 0) is 14.4 Å². The van der Waals surface area contributed by atoms with Gasteiger partial charge in [0.2, 0.25) is 17.7 Å². The monoisotopic (exact) mass is 274 g/mol. The maximum Gasteiger partial charge on any atom is 0.244 e. The van der Waals surface area contributed by atoms with Gasteiger partial charge in [-0.05, 0) is 31.9 Å². The SMILES string of the molecule is Cc1cc(C)c(NC(=O)CN2C(=O)CCC2=O)c(C)c1. The summed E-state index contributed by atoms with van der Waals surface area (Å²) in [6.07, 6.45) is 0.406. The van der Waals surface area contributed by atoms with E-state index in [0.717, 1.165) is 27.3 Å². The minimum atomic E-state index is -0.344. The second-order valence-electron chi connectivity index (χ2n) is 5.20. The molecule has 0 atom stereocenters. The fourth-order valence-corrected chi connectivity index (χ4v) is 2.50. The highest BCUT2D eigenvalue weighted by molar-refractivity contribution is 6.06. The number of hydrogen-bond acceptors (Lipinski definition) is 3. The zero-order chi connectivity index (χ0) is 14.9. The van der Waals surface area contributed by atoms with Crippen LogP contribution in [0, 0.1) is 20.8 Å². The third-order valence-electron chi connectivity index (χ3n) is 3.40. The lowest BCUT2D eigenvalue weighted by atomic mass is 10.1. The number of hydrogen-bond donors (Lipinski definition) is 1. The van der Waals surface area contributed by atoms with Crippen LogP contribution in [0.2, 0.25) is 0 Å². The van der Waals surface area contributed by atoms with Crippen LogP contribution in [0.1, 0.15) is 29.5 Å². The molecule has 0 saturated carbocycles. The molecule has 2 rings (SSSR count). The van der Waals surface area contributed by atoms with Crippen LogP contribution in [-0.4, -0.2) is 29.2 Å². The molecule has 0 aromatic heterocycles. The number of nitrogens with zero attached hydrogens (tertiary/aromatic N) is 1. The van der Waals surface area contributed by atoms with Crippen molar-refractivity contribution in [2.24, 2.45) is 0 Å². The van der Waals surface area contributed by atoms with Crippen molar-refractivity contribution in [2.75, 3.05) is 11.9 Å². The van der Waals surface area contributed by atoms with Gasteiger partial charge in [0.15, 0.2) is 0 Å².